The van der Waals surface area contributed by atoms with Crippen LogP contribution < -0.4 is 15.4 Å². The van der Waals surface area contributed by atoms with Crippen molar-refractivity contribution in [3.8, 4) is 17.1 Å². The zero-order valence-corrected chi connectivity index (χ0v) is 18.6. The van der Waals surface area contributed by atoms with Gasteiger partial charge in [0.05, 0.1) is 11.3 Å². The molecule has 0 saturated heterocycles. The fourth-order valence-electron chi connectivity index (χ4n) is 3.59. The van der Waals surface area contributed by atoms with E-state index in [4.69, 9.17) is 4.74 Å². The number of hydrogen-bond acceptors (Lipinski definition) is 5. The Labute approximate surface area is 202 Å². The molecule has 2 amide bonds. The third-order valence-corrected chi connectivity index (χ3v) is 5.89. The summed E-state index contributed by atoms with van der Waals surface area (Å²) in [4.78, 5) is 31.8. The summed E-state index contributed by atoms with van der Waals surface area (Å²) < 4.78 is 57.8. The van der Waals surface area contributed by atoms with Gasteiger partial charge < -0.3 is 20.5 Å². The van der Waals surface area contributed by atoms with Gasteiger partial charge in [-0.1, -0.05) is 18.6 Å². The van der Waals surface area contributed by atoms with E-state index in [1.807, 2.05) is 0 Å². The molecule has 0 spiro atoms. The molecule has 0 radical (unpaired) electrons. The highest BCUT2D eigenvalue weighted by atomic mass is 19.4. The molecule has 0 aliphatic heterocycles. The normalized spacial score (nSPS) is 14.4. The average molecular weight is 504 g/mol. The quantitative estimate of drug-likeness (QED) is 0.362. The van der Waals surface area contributed by atoms with Crippen LogP contribution in [0.1, 0.15) is 24.8 Å². The molecule has 12 heteroatoms. The zero-order valence-electron chi connectivity index (χ0n) is 18.6. The molecule has 3 N–H and O–H groups in total. The monoisotopic (exact) mass is 504 g/mol. The smallest absolute Gasteiger partial charge is 0.416 e. The second kappa shape index (κ2) is 9.80. The molecule has 1 heterocycles. The van der Waals surface area contributed by atoms with Crippen LogP contribution >= 0.6 is 0 Å². The molecule has 0 atom stereocenters. The zero-order chi connectivity index (χ0) is 25.9. The molecule has 3 aromatic rings. The number of amides is 2. The molecule has 1 saturated carbocycles. The molecule has 0 bridgehead atoms. The predicted octanol–water partition coefficient (Wildman–Crippen LogP) is 5.58. The lowest BCUT2D eigenvalue weighted by Crippen LogP contribution is -2.43. The van der Waals surface area contributed by atoms with Gasteiger partial charge in [-0.2, -0.15) is 13.2 Å². The summed E-state index contributed by atoms with van der Waals surface area (Å²) in [6.07, 6.45) is 0.261. The first-order valence-electron chi connectivity index (χ1n) is 10.8. The average Bonchev–Trinajstić information content (AvgIpc) is 2.80. The Hall–Kier alpha value is -4.22. The number of halogens is 4. The SMILES string of the molecule is O=C(Nc1ccc(-c2cnc(OCC3(C(=O)O)CCC3)nc2)cc1)Nc1cc(C(F)(F)F)ccc1F. The fourth-order valence-corrected chi connectivity index (χ4v) is 3.59. The van der Waals surface area contributed by atoms with Crippen LogP contribution in [0.2, 0.25) is 0 Å². The maximum Gasteiger partial charge on any atom is 0.416 e. The number of benzene rings is 2. The van der Waals surface area contributed by atoms with Gasteiger partial charge >= 0.3 is 24.2 Å². The molecule has 188 valence electrons. The second-order valence-corrected chi connectivity index (χ2v) is 8.33. The molecule has 0 unspecified atom stereocenters. The first-order chi connectivity index (χ1) is 17.1. The minimum absolute atomic E-state index is 0.00545. The van der Waals surface area contributed by atoms with E-state index in [1.54, 1.807) is 12.1 Å². The minimum atomic E-state index is -4.68. The molecular formula is C24H20F4N4O4. The fraction of sp³-hybridized carbons (Fsp3) is 0.250. The number of alkyl halides is 3. The Morgan fingerprint density at radius 1 is 1.00 bits per heavy atom. The number of nitrogens with zero attached hydrogens (tertiary/aromatic N) is 2. The van der Waals surface area contributed by atoms with E-state index < -0.39 is 40.7 Å². The van der Waals surface area contributed by atoms with Crippen molar-refractivity contribution in [3.05, 3.63) is 66.2 Å². The maximum atomic E-state index is 13.8. The van der Waals surface area contributed by atoms with Crippen molar-refractivity contribution < 1.29 is 37.0 Å². The molecule has 36 heavy (non-hydrogen) atoms. The number of hydrogen-bond donors (Lipinski definition) is 3. The third kappa shape index (κ3) is 5.53. The summed E-state index contributed by atoms with van der Waals surface area (Å²) in [5, 5.41) is 13.8. The van der Waals surface area contributed by atoms with Crippen molar-refractivity contribution in [1.82, 2.24) is 9.97 Å². The van der Waals surface area contributed by atoms with Gasteiger partial charge in [0, 0.05) is 23.6 Å². The highest BCUT2D eigenvalue weighted by Crippen LogP contribution is 2.41. The number of carbonyl (C=O) groups is 2. The standard InChI is InChI=1S/C24H20F4N4O4/c25-18-7-4-16(24(26,27)28)10-19(18)32-21(35)31-17-5-2-14(3-6-17)15-11-29-22(30-12-15)36-13-23(20(33)34)8-1-9-23/h2-7,10-12H,1,8-9,13H2,(H,33,34)(H2,31,32,35). The Morgan fingerprint density at radius 2 is 1.67 bits per heavy atom. The van der Waals surface area contributed by atoms with Crippen LogP contribution in [-0.2, 0) is 11.0 Å². The van der Waals surface area contributed by atoms with Gasteiger partial charge in [-0.15, -0.1) is 0 Å². The number of aromatic nitrogens is 2. The topological polar surface area (TPSA) is 113 Å². The van der Waals surface area contributed by atoms with Crippen molar-refractivity contribution in [2.45, 2.75) is 25.4 Å². The summed E-state index contributed by atoms with van der Waals surface area (Å²) >= 11 is 0. The Bertz CT molecular complexity index is 1260. The van der Waals surface area contributed by atoms with Crippen LogP contribution in [0.5, 0.6) is 6.01 Å². The van der Waals surface area contributed by atoms with Crippen molar-refractivity contribution in [2.24, 2.45) is 5.41 Å². The van der Waals surface area contributed by atoms with E-state index in [-0.39, 0.29) is 12.6 Å². The molecule has 1 aromatic heterocycles. The molecular weight excluding hydrogens is 484 g/mol. The van der Waals surface area contributed by atoms with Crippen LogP contribution in [0.25, 0.3) is 11.1 Å². The number of rotatable bonds is 7. The van der Waals surface area contributed by atoms with Gasteiger partial charge in [0.15, 0.2) is 0 Å². The largest absolute Gasteiger partial charge is 0.481 e. The van der Waals surface area contributed by atoms with Gasteiger partial charge in [0.25, 0.3) is 0 Å². The lowest BCUT2D eigenvalue weighted by molar-refractivity contribution is -0.157. The first kappa shape index (κ1) is 24.9. The number of urea groups is 1. The number of anilines is 2. The highest BCUT2D eigenvalue weighted by molar-refractivity contribution is 6.00. The number of nitrogens with one attached hydrogen (secondary N) is 2. The lowest BCUT2D eigenvalue weighted by atomic mass is 9.69. The number of carboxylic acid groups (broad SMARTS) is 1. The van der Waals surface area contributed by atoms with Crippen molar-refractivity contribution >= 4 is 23.4 Å². The van der Waals surface area contributed by atoms with Crippen LogP contribution in [0.15, 0.2) is 54.9 Å². The number of aliphatic carboxylic acids is 1. The predicted molar refractivity (Wildman–Crippen MR) is 121 cm³/mol. The molecule has 1 fully saturated rings. The Kier molecular flexibility index (Phi) is 6.77. The lowest BCUT2D eigenvalue weighted by Gasteiger charge is -2.36. The van der Waals surface area contributed by atoms with Crippen LogP contribution in [0.3, 0.4) is 0 Å². The van der Waals surface area contributed by atoms with E-state index in [1.165, 1.54) is 24.5 Å². The summed E-state index contributed by atoms with van der Waals surface area (Å²) in [5.74, 6) is -1.90. The van der Waals surface area contributed by atoms with Crippen LogP contribution in [0.4, 0.5) is 33.7 Å². The minimum Gasteiger partial charge on any atom is -0.481 e. The van der Waals surface area contributed by atoms with Crippen molar-refractivity contribution in [1.29, 1.82) is 0 Å². The Morgan fingerprint density at radius 3 is 2.22 bits per heavy atom. The molecule has 1 aliphatic rings. The molecule has 8 nitrogen and oxygen atoms in total. The second-order valence-electron chi connectivity index (χ2n) is 8.33. The summed E-state index contributed by atoms with van der Waals surface area (Å²) in [6.45, 7) is -0.00545. The maximum absolute atomic E-state index is 13.8. The van der Waals surface area contributed by atoms with E-state index in [0.29, 0.717) is 47.9 Å². The Balaban J connectivity index is 1.35. The number of carbonyl (C=O) groups excluding carboxylic acids is 1. The molecule has 4 rings (SSSR count). The van der Waals surface area contributed by atoms with E-state index >= 15 is 0 Å². The third-order valence-electron chi connectivity index (χ3n) is 5.89. The van der Waals surface area contributed by atoms with Gasteiger partial charge in [0.2, 0.25) is 0 Å². The van der Waals surface area contributed by atoms with Crippen molar-refractivity contribution in [2.75, 3.05) is 17.2 Å². The van der Waals surface area contributed by atoms with E-state index in [2.05, 4.69) is 20.6 Å². The van der Waals surface area contributed by atoms with Gasteiger partial charge in [-0.3, -0.25) is 4.79 Å². The molecule has 2 aromatic carbocycles. The van der Waals surface area contributed by atoms with E-state index in [9.17, 15) is 32.3 Å². The summed E-state index contributed by atoms with van der Waals surface area (Å²) in [5.41, 5.74) is -0.955. The molecule has 1 aliphatic carbocycles. The van der Waals surface area contributed by atoms with Gasteiger partial charge in [0.1, 0.15) is 17.8 Å². The van der Waals surface area contributed by atoms with Crippen LogP contribution in [0, 0.1) is 11.2 Å². The van der Waals surface area contributed by atoms with Crippen molar-refractivity contribution in [3.63, 3.8) is 0 Å². The summed E-state index contributed by atoms with van der Waals surface area (Å²) in [7, 11) is 0. The number of ether oxygens (including phenoxy) is 1. The number of carboxylic acids is 1. The van der Waals surface area contributed by atoms with Crippen LogP contribution in [-0.4, -0.2) is 33.7 Å². The van der Waals surface area contributed by atoms with E-state index in [0.717, 1.165) is 6.42 Å². The van der Waals surface area contributed by atoms with Gasteiger partial charge in [-0.05, 0) is 48.7 Å². The highest BCUT2D eigenvalue weighted by Gasteiger charge is 2.45. The summed E-state index contributed by atoms with van der Waals surface area (Å²) in [6, 6.07) is 7.23. The first-order valence-corrected chi connectivity index (χ1v) is 10.8. The van der Waals surface area contributed by atoms with Gasteiger partial charge in [-0.25, -0.2) is 19.2 Å².